The van der Waals surface area contributed by atoms with Gasteiger partial charge in [-0.1, -0.05) is 33.6 Å². The third-order valence-electron chi connectivity index (χ3n) is 1.79. The molecule has 1 aromatic rings. The third kappa shape index (κ3) is 5.31. The van der Waals surface area contributed by atoms with Gasteiger partial charge in [-0.2, -0.15) is 13.2 Å². The van der Waals surface area contributed by atoms with Gasteiger partial charge in [-0.3, -0.25) is 4.79 Å². The smallest absolute Gasteiger partial charge is 0.298 e. The molecule has 0 saturated heterocycles. The highest BCUT2D eigenvalue weighted by atomic mass is 79.9. The van der Waals surface area contributed by atoms with E-state index < -0.39 is 5.51 Å². The van der Waals surface area contributed by atoms with Gasteiger partial charge in [0.2, 0.25) is 0 Å². The minimum Gasteiger partial charge on any atom is -0.298 e. The molecule has 0 aromatic heterocycles. The largest absolute Gasteiger partial charge is 0.446 e. The zero-order chi connectivity index (χ0) is 13.1. The molecule has 0 heterocycles. The maximum atomic E-state index is 12.1. The molecule has 0 N–H and O–H groups in total. The van der Waals surface area contributed by atoms with E-state index in [2.05, 4.69) is 15.9 Å². The van der Waals surface area contributed by atoms with Crippen molar-refractivity contribution >= 4 is 45.1 Å². The van der Waals surface area contributed by atoms with Gasteiger partial charge in [0.1, 0.15) is 5.78 Å². The number of benzene rings is 1. The summed E-state index contributed by atoms with van der Waals surface area (Å²) in [5.74, 6) is -0.0804. The van der Waals surface area contributed by atoms with Gasteiger partial charge in [0.05, 0.1) is 5.33 Å². The van der Waals surface area contributed by atoms with E-state index in [4.69, 9.17) is 11.6 Å². The highest BCUT2D eigenvalue weighted by Gasteiger charge is 2.29. The Balaban J connectivity index is 2.83. The molecule has 0 bridgehead atoms. The van der Waals surface area contributed by atoms with Crippen molar-refractivity contribution in [2.24, 2.45) is 0 Å². The fraction of sp³-hybridized carbons (Fsp3) is 0.300. The van der Waals surface area contributed by atoms with Crippen molar-refractivity contribution < 1.29 is 18.0 Å². The van der Waals surface area contributed by atoms with Crippen LogP contribution in [0.15, 0.2) is 23.1 Å². The summed E-state index contributed by atoms with van der Waals surface area (Å²) in [6.45, 7) is 0. The summed E-state index contributed by atoms with van der Waals surface area (Å²) in [7, 11) is 0. The zero-order valence-corrected chi connectivity index (χ0v) is 11.5. The van der Waals surface area contributed by atoms with E-state index in [1.807, 2.05) is 0 Å². The monoisotopic (exact) mass is 346 g/mol. The number of hydrogen-bond donors (Lipinski definition) is 0. The highest BCUT2D eigenvalue weighted by Crippen LogP contribution is 2.38. The van der Waals surface area contributed by atoms with E-state index in [0.29, 0.717) is 5.56 Å². The van der Waals surface area contributed by atoms with Crippen molar-refractivity contribution in [2.75, 3.05) is 5.33 Å². The molecule has 0 aliphatic rings. The van der Waals surface area contributed by atoms with Crippen LogP contribution < -0.4 is 0 Å². The number of halogens is 5. The molecule has 0 radical (unpaired) electrons. The summed E-state index contributed by atoms with van der Waals surface area (Å²) in [5.41, 5.74) is -3.81. The molecule has 0 spiro atoms. The molecule has 1 aromatic carbocycles. The van der Waals surface area contributed by atoms with Gasteiger partial charge >= 0.3 is 5.51 Å². The van der Waals surface area contributed by atoms with Gasteiger partial charge in [-0.05, 0) is 29.5 Å². The van der Waals surface area contributed by atoms with Crippen LogP contribution in [0.2, 0.25) is 5.02 Å². The second kappa shape index (κ2) is 6.11. The molecule has 0 saturated carbocycles. The fourth-order valence-electron chi connectivity index (χ4n) is 1.13. The number of rotatable bonds is 4. The third-order valence-corrected chi connectivity index (χ3v) is 3.49. The molecule has 1 nitrogen and oxygen atoms in total. The standard InChI is InChI=1S/C10H7BrClF3OS/c11-5-7(16)3-6-1-2-8(4-9(6)12)17-10(13,14)15/h1-2,4H,3,5H2. The number of thioether (sulfide) groups is 1. The first kappa shape index (κ1) is 14.9. The quantitative estimate of drug-likeness (QED) is 0.591. The molecule has 7 heteroatoms. The van der Waals surface area contributed by atoms with Gasteiger partial charge in [0.15, 0.2) is 0 Å². The first-order valence-electron chi connectivity index (χ1n) is 4.43. The Labute approximate surface area is 114 Å². The molecule has 0 aliphatic carbocycles. The Morgan fingerprint density at radius 3 is 2.53 bits per heavy atom. The molecule has 0 fully saturated rings. The Bertz CT molecular complexity index is 423. The maximum absolute atomic E-state index is 12.1. The molecule has 94 valence electrons. The lowest BCUT2D eigenvalue weighted by molar-refractivity contribution is -0.115. The summed E-state index contributed by atoms with van der Waals surface area (Å²) < 4.78 is 36.3. The van der Waals surface area contributed by atoms with Crippen molar-refractivity contribution in [3.8, 4) is 0 Å². The molecular weight excluding hydrogens is 341 g/mol. The van der Waals surface area contributed by atoms with Gasteiger partial charge in [-0.15, -0.1) is 0 Å². The van der Waals surface area contributed by atoms with Crippen LogP contribution in [0, 0.1) is 0 Å². The number of Topliss-reactive ketones (excluding diaryl/α,β-unsaturated/α-hetero) is 1. The predicted molar refractivity (Wildman–Crippen MR) is 65.9 cm³/mol. The molecule has 17 heavy (non-hydrogen) atoms. The number of carbonyl (C=O) groups excluding carboxylic acids is 1. The van der Waals surface area contributed by atoms with E-state index in [-0.39, 0.29) is 39.2 Å². The van der Waals surface area contributed by atoms with E-state index >= 15 is 0 Å². The molecular formula is C10H7BrClF3OS. The van der Waals surface area contributed by atoms with Crippen LogP contribution in [-0.2, 0) is 11.2 Å². The van der Waals surface area contributed by atoms with Crippen molar-refractivity contribution in [1.82, 2.24) is 0 Å². The van der Waals surface area contributed by atoms with E-state index in [1.54, 1.807) is 0 Å². The summed E-state index contributed by atoms with van der Waals surface area (Å²) >= 11 is 8.59. The Kier molecular flexibility index (Phi) is 5.34. The molecule has 0 amide bonds. The predicted octanol–water partition coefficient (Wildman–Crippen LogP) is 4.46. The second-order valence-corrected chi connectivity index (χ2v) is 5.26. The SMILES string of the molecule is O=C(CBr)Cc1ccc(SC(F)(F)F)cc1Cl. The number of hydrogen-bond acceptors (Lipinski definition) is 2. The number of alkyl halides is 4. The van der Waals surface area contributed by atoms with Gasteiger partial charge in [-0.25, -0.2) is 0 Å². The maximum Gasteiger partial charge on any atom is 0.446 e. The minimum absolute atomic E-state index is 0.0116. The first-order chi connectivity index (χ1) is 7.81. The first-order valence-corrected chi connectivity index (χ1v) is 6.75. The summed E-state index contributed by atoms with van der Waals surface area (Å²) in [6, 6.07) is 3.97. The van der Waals surface area contributed by atoms with Crippen LogP contribution in [0.25, 0.3) is 0 Å². The highest BCUT2D eigenvalue weighted by molar-refractivity contribution is 9.09. The van der Waals surface area contributed by atoms with Crippen molar-refractivity contribution in [3.63, 3.8) is 0 Å². The van der Waals surface area contributed by atoms with E-state index in [1.165, 1.54) is 18.2 Å². The Hall–Kier alpha value is -0.200. The van der Waals surface area contributed by atoms with Crippen molar-refractivity contribution in [3.05, 3.63) is 28.8 Å². The van der Waals surface area contributed by atoms with Crippen LogP contribution in [0.3, 0.4) is 0 Å². The molecule has 1 rings (SSSR count). The van der Waals surface area contributed by atoms with Gasteiger partial charge in [0, 0.05) is 16.3 Å². The van der Waals surface area contributed by atoms with Crippen LogP contribution >= 0.6 is 39.3 Å². The molecule has 0 unspecified atom stereocenters. The van der Waals surface area contributed by atoms with Crippen LogP contribution in [0.4, 0.5) is 13.2 Å². The van der Waals surface area contributed by atoms with Crippen LogP contribution in [-0.4, -0.2) is 16.6 Å². The van der Waals surface area contributed by atoms with E-state index in [0.717, 1.165) is 0 Å². The normalized spacial score (nSPS) is 11.6. The number of ketones is 1. The number of carbonyl (C=O) groups is 1. The average Bonchev–Trinajstić information content (AvgIpc) is 2.19. The summed E-state index contributed by atoms with van der Waals surface area (Å²) in [6.07, 6.45) is 0.112. The molecule has 0 aliphatic heterocycles. The van der Waals surface area contributed by atoms with Gasteiger partial charge in [0.25, 0.3) is 0 Å². The average molecular weight is 348 g/mol. The fourth-order valence-corrected chi connectivity index (χ4v) is 2.22. The topological polar surface area (TPSA) is 17.1 Å². The van der Waals surface area contributed by atoms with E-state index in [9.17, 15) is 18.0 Å². The van der Waals surface area contributed by atoms with Crippen molar-refractivity contribution in [2.45, 2.75) is 16.8 Å². The van der Waals surface area contributed by atoms with Crippen LogP contribution in [0.5, 0.6) is 0 Å². The lowest BCUT2D eigenvalue weighted by atomic mass is 10.1. The van der Waals surface area contributed by atoms with Gasteiger partial charge < -0.3 is 0 Å². The van der Waals surface area contributed by atoms with Crippen molar-refractivity contribution in [1.29, 1.82) is 0 Å². The lowest BCUT2D eigenvalue weighted by Gasteiger charge is -2.08. The Morgan fingerprint density at radius 1 is 1.41 bits per heavy atom. The van der Waals surface area contributed by atoms with Crippen LogP contribution in [0.1, 0.15) is 5.56 Å². The summed E-state index contributed by atoms with van der Waals surface area (Å²) in [4.78, 5) is 11.2. The minimum atomic E-state index is -4.34. The lowest BCUT2D eigenvalue weighted by Crippen LogP contribution is -2.04. The molecule has 0 atom stereocenters. The Morgan fingerprint density at radius 2 is 2.06 bits per heavy atom. The second-order valence-electron chi connectivity index (χ2n) is 3.15. The zero-order valence-electron chi connectivity index (χ0n) is 8.35. The summed E-state index contributed by atoms with van der Waals surface area (Å²) in [5, 5.41) is 0.371.